The number of carbonyl (C=O) groups is 1. The Morgan fingerprint density at radius 2 is 1.50 bits per heavy atom. The highest BCUT2D eigenvalue weighted by Gasteiger charge is 2.33. The molecule has 2 fully saturated rings. The molecule has 2 aliphatic rings. The molecule has 0 aromatic heterocycles. The number of piperazine rings is 1. The van der Waals surface area contributed by atoms with Crippen LogP contribution in [-0.4, -0.2) is 55.4 Å². The standard InChI is InChI=1S/C15H28N2O/c1-2-16-9-11-17(12-10-16)13-15(14-18)7-5-3-4-6-8-15/h14H,2-13H2,1H3. The summed E-state index contributed by atoms with van der Waals surface area (Å²) < 4.78 is 0. The molecule has 104 valence electrons. The number of rotatable bonds is 4. The van der Waals surface area contributed by atoms with Gasteiger partial charge >= 0.3 is 0 Å². The molecule has 1 aliphatic carbocycles. The van der Waals surface area contributed by atoms with Crippen LogP contribution in [-0.2, 0) is 4.79 Å². The van der Waals surface area contributed by atoms with E-state index in [9.17, 15) is 4.79 Å². The Bertz CT molecular complexity index is 251. The molecule has 0 aromatic rings. The first kappa shape index (κ1) is 14.0. The van der Waals surface area contributed by atoms with E-state index in [1.807, 2.05) is 0 Å². The zero-order valence-electron chi connectivity index (χ0n) is 11.9. The van der Waals surface area contributed by atoms with Crippen LogP contribution in [0.2, 0.25) is 0 Å². The number of hydrogen-bond acceptors (Lipinski definition) is 3. The first-order valence-corrected chi connectivity index (χ1v) is 7.69. The molecule has 0 unspecified atom stereocenters. The monoisotopic (exact) mass is 252 g/mol. The molecule has 18 heavy (non-hydrogen) atoms. The number of aldehydes is 1. The minimum absolute atomic E-state index is 0.0229. The van der Waals surface area contributed by atoms with Crippen LogP contribution in [0.15, 0.2) is 0 Å². The predicted octanol–water partition coefficient (Wildman–Crippen LogP) is 2.16. The average molecular weight is 252 g/mol. The minimum atomic E-state index is -0.0229. The van der Waals surface area contributed by atoms with Crippen molar-refractivity contribution in [1.29, 1.82) is 0 Å². The SMILES string of the molecule is CCN1CCN(CC2(C=O)CCCCCC2)CC1. The van der Waals surface area contributed by atoms with E-state index in [-0.39, 0.29) is 5.41 Å². The summed E-state index contributed by atoms with van der Waals surface area (Å²) in [5.41, 5.74) is -0.0229. The van der Waals surface area contributed by atoms with Crippen molar-refractivity contribution in [3.8, 4) is 0 Å². The fourth-order valence-electron chi connectivity index (χ4n) is 3.45. The lowest BCUT2D eigenvalue weighted by atomic mass is 9.81. The van der Waals surface area contributed by atoms with E-state index >= 15 is 0 Å². The van der Waals surface area contributed by atoms with Crippen molar-refractivity contribution in [1.82, 2.24) is 9.80 Å². The van der Waals surface area contributed by atoms with E-state index in [0.717, 1.165) is 39.0 Å². The quantitative estimate of drug-likeness (QED) is 0.566. The van der Waals surface area contributed by atoms with Gasteiger partial charge in [-0.3, -0.25) is 4.90 Å². The van der Waals surface area contributed by atoms with Crippen molar-refractivity contribution in [2.45, 2.75) is 45.4 Å². The summed E-state index contributed by atoms with van der Waals surface area (Å²) >= 11 is 0. The molecule has 3 nitrogen and oxygen atoms in total. The molecule has 0 atom stereocenters. The van der Waals surface area contributed by atoms with Crippen LogP contribution in [0.4, 0.5) is 0 Å². The van der Waals surface area contributed by atoms with Crippen molar-refractivity contribution < 1.29 is 4.79 Å². The van der Waals surface area contributed by atoms with Gasteiger partial charge in [0.05, 0.1) is 0 Å². The Balaban J connectivity index is 1.87. The van der Waals surface area contributed by atoms with Crippen LogP contribution in [0, 0.1) is 5.41 Å². The zero-order valence-corrected chi connectivity index (χ0v) is 11.9. The van der Waals surface area contributed by atoms with Gasteiger partial charge in [0.1, 0.15) is 6.29 Å². The van der Waals surface area contributed by atoms with Crippen molar-refractivity contribution in [3.63, 3.8) is 0 Å². The molecule has 1 aliphatic heterocycles. The second-order valence-corrected chi connectivity index (χ2v) is 6.10. The summed E-state index contributed by atoms with van der Waals surface area (Å²) in [7, 11) is 0. The molecule has 0 bridgehead atoms. The van der Waals surface area contributed by atoms with E-state index in [1.165, 1.54) is 45.1 Å². The van der Waals surface area contributed by atoms with Gasteiger partial charge in [-0.15, -0.1) is 0 Å². The molecular weight excluding hydrogens is 224 g/mol. The Labute approximate surface area is 112 Å². The number of nitrogens with zero attached hydrogens (tertiary/aromatic N) is 2. The van der Waals surface area contributed by atoms with E-state index in [0.29, 0.717) is 0 Å². The highest BCUT2D eigenvalue weighted by atomic mass is 16.1. The van der Waals surface area contributed by atoms with Crippen LogP contribution in [0.5, 0.6) is 0 Å². The van der Waals surface area contributed by atoms with Crippen LogP contribution in [0.3, 0.4) is 0 Å². The second-order valence-electron chi connectivity index (χ2n) is 6.10. The summed E-state index contributed by atoms with van der Waals surface area (Å²) in [6, 6.07) is 0. The van der Waals surface area contributed by atoms with Crippen LogP contribution < -0.4 is 0 Å². The highest BCUT2D eigenvalue weighted by molar-refractivity contribution is 5.59. The molecule has 0 N–H and O–H groups in total. The summed E-state index contributed by atoms with van der Waals surface area (Å²) in [6.45, 7) is 9.03. The van der Waals surface area contributed by atoms with Gasteiger partial charge in [0.25, 0.3) is 0 Å². The first-order chi connectivity index (χ1) is 8.78. The molecule has 1 heterocycles. The molecule has 0 radical (unpaired) electrons. The van der Waals surface area contributed by atoms with Crippen molar-refractivity contribution in [2.24, 2.45) is 5.41 Å². The lowest BCUT2D eigenvalue weighted by molar-refractivity contribution is -0.118. The largest absolute Gasteiger partial charge is 0.303 e. The predicted molar refractivity (Wildman–Crippen MR) is 74.8 cm³/mol. The summed E-state index contributed by atoms with van der Waals surface area (Å²) in [6.07, 6.45) is 8.64. The van der Waals surface area contributed by atoms with Crippen LogP contribution in [0.25, 0.3) is 0 Å². The molecule has 1 saturated heterocycles. The van der Waals surface area contributed by atoms with Gasteiger partial charge in [0.15, 0.2) is 0 Å². The number of likely N-dealkylation sites (N-methyl/N-ethyl adjacent to an activating group) is 1. The van der Waals surface area contributed by atoms with Crippen LogP contribution >= 0.6 is 0 Å². The fraction of sp³-hybridized carbons (Fsp3) is 0.933. The van der Waals surface area contributed by atoms with Gasteiger partial charge in [0.2, 0.25) is 0 Å². The molecule has 0 spiro atoms. The lowest BCUT2D eigenvalue weighted by Crippen LogP contribution is -2.50. The smallest absolute Gasteiger partial charge is 0.127 e. The molecule has 2 rings (SSSR count). The average Bonchev–Trinajstić information content (AvgIpc) is 2.66. The Hall–Kier alpha value is -0.410. The third-order valence-electron chi connectivity index (χ3n) is 4.80. The van der Waals surface area contributed by atoms with E-state index in [2.05, 4.69) is 16.7 Å². The van der Waals surface area contributed by atoms with Crippen molar-refractivity contribution in [3.05, 3.63) is 0 Å². The van der Waals surface area contributed by atoms with Gasteiger partial charge in [-0.1, -0.05) is 32.6 Å². The van der Waals surface area contributed by atoms with Gasteiger partial charge < -0.3 is 9.69 Å². The maximum atomic E-state index is 11.6. The number of hydrogen-bond donors (Lipinski definition) is 0. The summed E-state index contributed by atoms with van der Waals surface area (Å²) in [5.74, 6) is 0. The Kier molecular flexibility index (Phi) is 5.19. The topological polar surface area (TPSA) is 23.6 Å². The number of carbonyl (C=O) groups excluding carboxylic acids is 1. The molecule has 3 heteroatoms. The Morgan fingerprint density at radius 3 is 2.00 bits per heavy atom. The van der Waals surface area contributed by atoms with Gasteiger partial charge in [-0.05, 0) is 19.4 Å². The summed E-state index contributed by atoms with van der Waals surface area (Å²) in [5, 5.41) is 0. The van der Waals surface area contributed by atoms with Crippen molar-refractivity contribution >= 4 is 6.29 Å². The maximum absolute atomic E-state index is 11.6. The maximum Gasteiger partial charge on any atom is 0.127 e. The first-order valence-electron chi connectivity index (χ1n) is 7.69. The third kappa shape index (κ3) is 3.55. The highest BCUT2D eigenvalue weighted by Crippen LogP contribution is 2.34. The third-order valence-corrected chi connectivity index (χ3v) is 4.80. The van der Waals surface area contributed by atoms with E-state index in [1.54, 1.807) is 0 Å². The Morgan fingerprint density at radius 1 is 0.944 bits per heavy atom. The second kappa shape index (κ2) is 6.67. The molecular formula is C15H28N2O. The van der Waals surface area contributed by atoms with Gasteiger partial charge in [0, 0.05) is 38.1 Å². The van der Waals surface area contributed by atoms with Crippen LogP contribution in [0.1, 0.15) is 45.4 Å². The van der Waals surface area contributed by atoms with Gasteiger partial charge in [-0.25, -0.2) is 0 Å². The van der Waals surface area contributed by atoms with E-state index in [4.69, 9.17) is 0 Å². The lowest BCUT2D eigenvalue weighted by Gasteiger charge is -2.39. The zero-order chi connectivity index (χ0) is 12.8. The molecule has 0 aromatic carbocycles. The van der Waals surface area contributed by atoms with Crippen molar-refractivity contribution in [2.75, 3.05) is 39.3 Å². The molecule has 1 saturated carbocycles. The molecule has 0 amide bonds. The fourth-order valence-corrected chi connectivity index (χ4v) is 3.45. The van der Waals surface area contributed by atoms with E-state index < -0.39 is 0 Å². The normalized spacial score (nSPS) is 26.7. The van der Waals surface area contributed by atoms with Gasteiger partial charge in [-0.2, -0.15) is 0 Å². The minimum Gasteiger partial charge on any atom is -0.303 e. The summed E-state index contributed by atoms with van der Waals surface area (Å²) in [4.78, 5) is 16.6.